The van der Waals surface area contributed by atoms with Crippen LogP contribution in [0.4, 0.5) is 0 Å². The highest BCUT2D eigenvalue weighted by Crippen LogP contribution is 2.31. The summed E-state index contributed by atoms with van der Waals surface area (Å²) in [5.74, 6) is -0.631. The molecule has 2 heterocycles. The molecule has 1 fully saturated rings. The number of aryl methyl sites for hydroxylation is 1. The van der Waals surface area contributed by atoms with Crippen molar-refractivity contribution in [1.82, 2.24) is 9.78 Å². The van der Waals surface area contributed by atoms with Gasteiger partial charge in [-0.2, -0.15) is 5.10 Å². The summed E-state index contributed by atoms with van der Waals surface area (Å²) in [6.45, 7) is 2.40. The van der Waals surface area contributed by atoms with E-state index < -0.39 is 11.4 Å². The molecule has 0 aromatic carbocycles. The maximum absolute atomic E-state index is 12.2. The molecule has 0 bridgehead atoms. The zero-order valence-corrected chi connectivity index (χ0v) is 11.2. The molecule has 19 heavy (non-hydrogen) atoms. The van der Waals surface area contributed by atoms with Crippen molar-refractivity contribution in [1.29, 1.82) is 0 Å². The molecule has 0 N–H and O–H groups in total. The van der Waals surface area contributed by atoms with Gasteiger partial charge >= 0.3 is 5.97 Å². The van der Waals surface area contributed by atoms with Crippen LogP contribution < -0.4 is 0 Å². The molecule has 6 heteroatoms. The second-order valence-electron chi connectivity index (χ2n) is 4.69. The van der Waals surface area contributed by atoms with Crippen molar-refractivity contribution in [3.63, 3.8) is 0 Å². The second kappa shape index (κ2) is 5.52. The minimum absolute atomic E-state index is 0.0707. The number of hydrogen-bond donors (Lipinski definition) is 0. The van der Waals surface area contributed by atoms with Gasteiger partial charge in [-0.05, 0) is 13.0 Å². The smallest absolute Gasteiger partial charge is 0.322 e. The van der Waals surface area contributed by atoms with Gasteiger partial charge in [0.05, 0.1) is 25.5 Å². The summed E-state index contributed by atoms with van der Waals surface area (Å²) in [6.07, 6.45) is 2.25. The summed E-state index contributed by atoms with van der Waals surface area (Å²) in [7, 11) is 1.79. The maximum atomic E-state index is 12.2. The predicted octanol–water partition coefficient (Wildman–Crippen LogP) is 0.501. The number of Topliss-reactive ketones (excluding diaryl/α,β-unsaturated/α-hetero) is 1. The molecular formula is C13H18N2O4. The van der Waals surface area contributed by atoms with Crippen LogP contribution in [0.25, 0.3) is 0 Å². The number of hydrogen-bond acceptors (Lipinski definition) is 5. The fourth-order valence-electron chi connectivity index (χ4n) is 2.26. The van der Waals surface area contributed by atoms with Crippen molar-refractivity contribution >= 4 is 11.8 Å². The molecule has 1 aromatic rings. The molecule has 1 atom stereocenters. The molecule has 0 saturated carbocycles. The molecule has 6 nitrogen and oxygen atoms in total. The monoisotopic (exact) mass is 266 g/mol. The Morgan fingerprint density at radius 1 is 1.63 bits per heavy atom. The van der Waals surface area contributed by atoms with Gasteiger partial charge in [0.1, 0.15) is 0 Å². The Morgan fingerprint density at radius 3 is 3.00 bits per heavy atom. The number of carbonyl (C=O) groups excluding carboxylic acids is 2. The van der Waals surface area contributed by atoms with E-state index in [2.05, 4.69) is 5.10 Å². The van der Waals surface area contributed by atoms with E-state index in [9.17, 15) is 9.59 Å². The molecule has 1 unspecified atom stereocenters. The Kier molecular flexibility index (Phi) is 3.99. The van der Waals surface area contributed by atoms with Gasteiger partial charge in [-0.1, -0.05) is 0 Å². The normalized spacial score (nSPS) is 23.4. The van der Waals surface area contributed by atoms with Crippen LogP contribution in [0.2, 0.25) is 0 Å². The largest absolute Gasteiger partial charge is 0.465 e. The molecule has 1 aromatic heterocycles. The van der Waals surface area contributed by atoms with E-state index in [1.165, 1.54) is 0 Å². The van der Waals surface area contributed by atoms with Gasteiger partial charge in [0.15, 0.2) is 11.2 Å². The van der Waals surface area contributed by atoms with Gasteiger partial charge in [-0.25, -0.2) is 0 Å². The van der Waals surface area contributed by atoms with E-state index in [0.29, 0.717) is 12.3 Å². The first-order valence-corrected chi connectivity index (χ1v) is 6.35. The highest BCUT2D eigenvalue weighted by Gasteiger charge is 2.49. The van der Waals surface area contributed by atoms with Crippen LogP contribution >= 0.6 is 0 Å². The molecule has 0 amide bonds. The van der Waals surface area contributed by atoms with Crippen molar-refractivity contribution in [3.05, 3.63) is 18.0 Å². The molecule has 2 rings (SSSR count). The van der Waals surface area contributed by atoms with Crippen LogP contribution in [0.1, 0.15) is 19.0 Å². The minimum Gasteiger partial charge on any atom is -0.465 e. The molecule has 0 radical (unpaired) electrons. The Balaban J connectivity index is 2.27. The molecule has 1 aliphatic rings. The number of ketones is 1. The second-order valence-corrected chi connectivity index (χ2v) is 4.69. The lowest BCUT2D eigenvalue weighted by Crippen LogP contribution is -2.49. The number of aromatic nitrogens is 2. The molecule has 0 spiro atoms. The number of rotatable bonds is 4. The lowest BCUT2D eigenvalue weighted by molar-refractivity contribution is -0.169. The van der Waals surface area contributed by atoms with E-state index in [1.54, 1.807) is 30.9 Å². The van der Waals surface area contributed by atoms with Crippen LogP contribution in [-0.2, 0) is 32.5 Å². The molecule has 1 saturated heterocycles. The first-order chi connectivity index (χ1) is 9.08. The Hall–Kier alpha value is -1.69. The summed E-state index contributed by atoms with van der Waals surface area (Å²) in [5.41, 5.74) is -0.544. The van der Waals surface area contributed by atoms with E-state index in [0.717, 1.165) is 0 Å². The number of esters is 1. The molecular weight excluding hydrogens is 248 g/mol. The SMILES string of the molecule is CCOC(=O)C1(Cc2ccn(C)n2)COCCC1=O. The summed E-state index contributed by atoms with van der Waals surface area (Å²) >= 11 is 0. The lowest BCUT2D eigenvalue weighted by Gasteiger charge is -2.32. The first-order valence-electron chi connectivity index (χ1n) is 6.35. The standard InChI is InChI=1S/C13H18N2O4/c1-3-19-12(17)13(9-18-7-5-11(13)16)8-10-4-6-15(2)14-10/h4,6H,3,5,7-9H2,1-2H3. The first kappa shape index (κ1) is 13.7. The summed E-state index contributed by atoms with van der Waals surface area (Å²) in [6, 6.07) is 1.79. The third kappa shape index (κ3) is 2.68. The highest BCUT2D eigenvalue weighted by molar-refractivity contribution is 6.04. The summed E-state index contributed by atoms with van der Waals surface area (Å²) in [5, 5.41) is 4.23. The highest BCUT2D eigenvalue weighted by atomic mass is 16.5. The average molecular weight is 266 g/mol. The van der Waals surface area contributed by atoms with E-state index in [-0.39, 0.29) is 31.8 Å². The van der Waals surface area contributed by atoms with Crippen molar-refractivity contribution in [2.75, 3.05) is 19.8 Å². The minimum atomic E-state index is -1.23. The molecule has 0 aliphatic carbocycles. The third-order valence-corrected chi connectivity index (χ3v) is 3.27. The van der Waals surface area contributed by atoms with Gasteiger partial charge in [-0.15, -0.1) is 0 Å². The third-order valence-electron chi connectivity index (χ3n) is 3.27. The van der Waals surface area contributed by atoms with Gasteiger partial charge in [0.2, 0.25) is 0 Å². The van der Waals surface area contributed by atoms with Crippen LogP contribution in [-0.4, -0.2) is 41.4 Å². The fourth-order valence-corrected chi connectivity index (χ4v) is 2.26. The molecule has 104 valence electrons. The van der Waals surface area contributed by atoms with Crippen molar-refractivity contribution in [3.8, 4) is 0 Å². The van der Waals surface area contributed by atoms with Crippen LogP contribution in [0.5, 0.6) is 0 Å². The number of nitrogens with zero attached hydrogens (tertiary/aromatic N) is 2. The quantitative estimate of drug-likeness (QED) is 0.586. The van der Waals surface area contributed by atoms with Crippen molar-refractivity contribution in [2.24, 2.45) is 12.5 Å². The van der Waals surface area contributed by atoms with E-state index in [4.69, 9.17) is 9.47 Å². The molecule has 1 aliphatic heterocycles. The fraction of sp³-hybridized carbons (Fsp3) is 0.615. The number of carbonyl (C=O) groups is 2. The van der Waals surface area contributed by atoms with Gasteiger partial charge in [0.25, 0.3) is 0 Å². The Labute approximate surface area is 111 Å². The topological polar surface area (TPSA) is 70.4 Å². The van der Waals surface area contributed by atoms with E-state index in [1.807, 2.05) is 0 Å². The summed E-state index contributed by atoms with van der Waals surface area (Å²) in [4.78, 5) is 24.4. The zero-order chi connectivity index (χ0) is 13.9. The maximum Gasteiger partial charge on any atom is 0.322 e. The van der Waals surface area contributed by atoms with Gasteiger partial charge in [-0.3, -0.25) is 14.3 Å². The Bertz CT molecular complexity index is 483. The van der Waals surface area contributed by atoms with Crippen molar-refractivity contribution < 1.29 is 19.1 Å². The van der Waals surface area contributed by atoms with Crippen LogP contribution in [0.3, 0.4) is 0 Å². The Morgan fingerprint density at radius 2 is 2.42 bits per heavy atom. The van der Waals surface area contributed by atoms with Gasteiger partial charge < -0.3 is 9.47 Å². The lowest BCUT2D eigenvalue weighted by atomic mass is 9.77. The van der Waals surface area contributed by atoms with E-state index >= 15 is 0 Å². The van der Waals surface area contributed by atoms with Crippen LogP contribution in [0.15, 0.2) is 12.3 Å². The van der Waals surface area contributed by atoms with Gasteiger partial charge in [0, 0.05) is 26.1 Å². The average Bonchev–Trinajstić information content (AvgIpc) is 2.78. The number of ether oxygens (including phenoxy) is 2. The van der Waals surface area contributed by atoms with Crippen LogP contribution in [0, 0.1) is 5.41 Å². The predicted molar refractivity (Wildman–Crippen MR) is 66.4 cm³/mol. The zero-order valence-electron chi connectivity index (χ0n) is 11.2. The van der Waals surface area contributed by atoms with Crippen molar-refractivity contribution in [2.45, 2.75) is 19.8 Å². The summed E-state index contributed by atoms with van der Waals surface area (Å²) < 4.78 is 12.0.